The van der Waals surface area contributed by atoms with Gasteiger partial charge in [0.15, 0.2) is 0 Å². The summed E-state index contributed by atoms with van der Waals surface area (Å²) in [5, 5.41) is 33.6. The number of aliphatic hydroxyl groups is 3. The second kappa shape index (κ2) is 8.92. The number of aliphatic hydroxyl groups excluding tert-OH is 2. The molecule has 12 unspecified atom stereocenters. The molecular weight excluding hydrogens is 440 g/mol. The van der Waals surface area contributed by atoms with Crippen molar-refractivity contribution in [2.75, 3.05) is 7.11 Å². The lowest BCUT2D eigenvalue weighted by molar-refractivity contribution is -0.283. The van der Waals surface area contributed by atoms with Gasteiger partial charge in [0.25, 0.3) is 0 Å². The Labute approximate surface area is 212 Å². The fourth-order valence-corrected chi connectivity index (χ4v) is 9.34. The molecule has 0 aromatic heterocycles. The number of hydrogen-bond acceptors (Lipinski definition) is 5. The van der Waals surface area contributed by atoms with E-state index in [0.717, 1.165) is 19.3 Å². The maximum absolute atomic E-state index is 13.6. The SMILES string of the molecule is COC1CC2(C)C(C(C)C=CC(C)C(C)C)CCC2(C)C2CC(O)C3(O)CC(O)CC(=O)C3(C)C12. The van der Waals surface area contributed by atoms with Crippen molar-refractivity contribution in [2.45, 2.75) is 111 Å². The highest BCUT2D eigenvalue weighted by molar-refractivity contribution is 5.88. The Morgan fingerprint density at radius 3 is 2.29 bits per heavy atom. The minimum atomic E-state index is -1.62. The zero-order chi connectivity index (χ0) is 26.1. The summed E-state index contributed by atoms with van der Waals surface area (Å²) >= 11 is 0. The maximum Gasteiger partial charge on any atom is 0.144 e. The van der Waals surface area contributed by atoms with Crippen LogP contribution < -0.4 is 0 Å². The Balaban J connectivity index is 1.74. The van der Waals surface area contributed by atoms with Crippen LogP contribution in [0.5, 0.6) is 0 Å². The van der Waals surface area contributed by atoms with Gasteiger partial charge in [0.05, 0.1) is 23.7 Å². The molecule has 5 heteroatoms. The lowest BCUT2D eigenvalue weighted by Crippen LogP contribution is -2.75. The first-order chi connectivity index (χ1) is 16.2. The van der Waals surface area contributed by atoms with Gasteiger partial charge in [-0.3, -0.25) is 4.79 Å². The molecule has 35 heavy (non-hydrogen) atoms. The molecule has 0 spiro atoms. The second-order valence-corrected chi connectivity index (χ2v) is 13.8. The summed E-state index contributed by atoms with van der Waals surface area (Å²) in [7, 11) is 1.74. The van der Waals surface area contributed by atoms with Gasteiger partial charge in [0.2, 0.25) is 0 Å². The number of hydrogen-bond donors (Lipinski definition) is 3. The highest BCUT2D eigenvalue weighted by atomic mass is 16.5. The van der Waals surface area contributed by atoms with E-state index < -0.39 is 23.2 Å². The predicted molar refractivity (Wildman–Crippen MR) is 138 cm³/mol. The molecule has 0 saturated heterocycles. The topological polar surface area (TPSA) is 87.0 Å². The number of fused-ring (bicyclic) bond motifs is 5. The Morgan fingerprint density at radius 1 is 1.03 bits per heavy atom. The zero-order valence-electron chi connectivity index (χ0n) is 23.3. The van der Waals surface area contributed by atoms with E-state index in [1.165, 1.54) is 0 Å². The van der Waals surface area contributed by atoms with Gasteiger partial charge in [0, 0.05) is 25.9 Å². The standard InChI is InChI=1S/C30H50O5/c1-17(2)18(3)9-10-19(4)21-11-12-27(5)22-14-25(33)30(34)15-20(31)13-24(32)29(30,7)26(22)23(35-8)16-28(21,27)6/h9-10,17-23,25-26,31,33-34H,11-16H2,1-8H3. The molecule has 0 amide bonds. The second-order valence-electron chi connectivity index (χ2n) is 13.8. The summed E-state index contributed by atoms with van der Waals surface area (Å²) in [5.74, 6) is 1.85. The monoisotopic (exact) mass is 490 g/mol. The average Bonchev–Trinajstić information content (AvgIpc) is 3.05. The third-order valence-corrected chi connectivity index (χ3v) is 12.2. The van der Waals surface area contributed by atoms with E-state index in [1.54, 1.807) is 7.11 Å². The molecule has 12 atom stereocenters. The van der Waals surface area contributed by atoms with Crippen molar-refractivity contribution in [1.82, 2.24) is 0 Å². The minimum Gasteiger partial charge on any atom is -0.393 e. The summed E-state index contributed by atoms with van der Waals surface area (Å²) < 4.78 is 6.18. The summed E-state index contributed by atoms with van der Waals surface area (Å²) in [6.45, 7) is 15.8. The fraction of sp³-hybridized carbons (Fsp3) is 0.900. The first kappa shape index (κ1) is 27.3. The van der Waals surface area contributed by atoms with Crippen LogP contribution in [0.25, 0.3) is 0 Å². The minimum absolute atomic E-state index is 0.00241. The molecular formula is C30H50O5. The van der Waals surface area contributed by atoms with Gasteiger partial charge in [-0.2, -0.15) is 0 Å². The number of methoxy groups -OCH3 is 1. The van der Waals surface area contributed by atoms with Crippen molar-refractivity contribution in [3.63, 3.8) is 0 Å². The predicted octanol–water partition coefficient (Wildman–Crippen LogP) is 4.77. The fourth-order valence-electron chi connectivity index (χ4n) is 9.34. The van der Waals surface area contributed by atoms with E-state index in [9.17, 15) is 20.1 Å². The van der Waals surface area contributed by atoms with E-state index >= 15 is 0 Å². The van der Waals surface area contributed by atoms with Crippen molar-refractivity contribution in [2.24, 2.45) is 51.8 Å². The van der Waals surface area contributed by atoms with Gasteiger partial charge in [-0.25, -0.2) is 0 Å². The Hall–Kier alpha value is -0.750. The van der Waals surface area contributed by atoms with Gasteiger partial charge in [-0.15, -0.1) is 0 Å². The average molecular weight is 491 g/mol. The Bertz CT molecular complexity index is 854. The van der Waals surface area contributed by atoms with E-state index in [-0.39, 0.29) is 47.4 Å². The molecule has 4 rings (SSSR count). The van der Waals surface area contributed by atoms with Crippen LogP contribution in [0.15, 0.2) is 12.2 Å². The van der Waals surface area contributed by atoms with Crippen LogP contribution in [-0.4, -0.2) is 52.1 Å². The highest BCUT2D eigenvalue weighted by Crippen LogP contribution is 2.73. The Morgan fingerprint density at radius 2 is 1.69 bits per heavy atom. The molecule has 4 aliphatic rings. The number of carbonyl (C=O) groups excluding carboxylic acids is 1. The molecule has 0 radical (unpaired) electrons. The van der Waals surface area contributed by atoms with E-state index in [1.807, 2.05) is 6.92 Å². The van der Waals surface area contributed by atoms with E-state index in [2.05, 4.69) is 53.7 Å². The molecule has 4 fully saturated rings. The van der Waals surface area contributed by atoms with Crippen LogP contribution in [0.1, 0.15) is 87.0 Å². The molecule has 3 N–H and O–H groups in total. The molecule has 200 valence electrons. The largest absolute Gasteiger partial charge is 0.393 e. The lowest BCUT2D eigenvalue weighted by Gasteiger charge is -2.68. The van der Waals surface area contributed by atoms with Crippen LogP contribution in [0.4, 0.5) is 0 Å². The van der Waals surface area contributed by atoms with Crippen molar-refractivity contribution in [3.05, 3.63) is 12.2 Å². The quantitative estimate of drug-likeness (QED) is 0.483. The maximum atomic E-state index is 13.6. The summed E-state index contributed by atoms with van der Waals surface area (Å²) in [5.41, 5.74) is -2.81. The highest BCUT2D eigenvalue weighted by Gasteiger charge is 2.75. The van der Waals surface area contributed by atoms with Gasteiger partial charge < -0.3 is 20.1 Å². The molecule has 0 heterocycles. The molecule has 0 aromatic rings. The van der Waals surface area contributed by atoms with Crippen molar-refractivity contribution >= 4 is 5.78 Å². The Kier molecular flexibility index (Phi) is 6.96. The van der Waals surface area contributed by atoms with Crippen LogP contribution in [0, 0.1) is 51.8 Å². The molecule has 4 saturated carbocycles. The normalized spacial score (nSPS) is 51.7. The van der Waals surface area contributed by atoms with Crippen molar-refractivity contribution in [1.29, 1.82) is 0 Å². The number of ketones is 1. The molecule has 4 aliphatic carbocycles. The van der Waals surface area contributed by atoms with Gasteiger partial charge in [-0.05, 0) is 73.0 Å². The first-order valence-corrected chi connectivity index (χ1v) is 14.0. The summed E-state index contributed by atoms with van der Waals surface area (Å²) in [4.78, 5) is 13.6. The van der Waals surface area contributed by atoms with Crippen molar-refractivity contribution < 1.29 is 24.9 Å². The van der Waals surface area contributed by atoms with Gasteiger partial charge in [0.1, 0.15) is 11.4 Å². The molecule has 5 nitrogen and oxygen atoms in total. The lowest BCUT2D eigenvalue weighted by atomic mass is 9.38. The summed E-state index contributed by atoms with van der Waals surface area (Å²) in [6.07, 6.45) is 6.24. The van der Waals surface area contributed by atoms with Crippen LogP contribution in [0.2, 0.25) is 0 Å². The number of allylic oxidation sites excluding steroid dienone is 2. The van der Waals surface area contributed by atoms with Crippen LogP contribution >= 0.6 is 0 Å². The zero-order valence-corrected chi connectivity index (χ0v) is 23.3. The van der Waals surface area contributed by atoms with Gasteiger partial charge in [-0.1, -0.05) is 53.7 Å². The summed E-state index contributed by atoms with van der Waals surface area (Å²) in [6, 6.07) is 0. The van der Waals surface area contributed by atoms with Gasteiger partial charge >= 0.3 is 0 Å². The first-order valence-electron chi connectivity index (χ1n) is 14.0. The number of rotatable bonds is 5. The molecule has 0 bridgehead atoms. The number of ether oxygens (including phenoxy) is 1. The van der Waals surface area contributed by atoms with Crippen molar-refractivity contribution in [3.8, 4) is 0 Å². The third kappa shape index (κ3) is 3.66. The number of Topliss-reactive ketones (excluding diaryl/α,β-unsaturated/α-hetero) is 1. The smallest absolute Gasteiger partial charge is 0.144 e. The van der Waals surface area contributed by atoms with Crippen LogP contribution in [0.3, 0.4) is 0 Å². The number of carbonyl (C=O) groups is 1. The molecule has 0 aromatic carbocycles. The van der Waals surface area contributed by atoms with Crippen LogP contribution in [-0.2, 0) is 9.53 Å². The van der Waals surface area contributed by atoms with E-state index in [0.29, 0.717) is 30.1 Å². The van der Waals surface area contributed by atoms with E-state index in [4.69, 9.17) is 4.74 Å². The molecule has 0 aliphatic heterocycles. The third-order valence-electron chi connectivity index (χ3n) is 12.2.